The van der Waals surface area contributed by atoms with Gasteiger partial charge in [-0.2, -0.15) is 0 Å². The zero-order valence-electron chi connectivity index (χ0n) is 8.15. The maximum atomic E-state index is 3.49. The molecular formula is C9H20N2. The minimum Gasteiger partial charge on any atom is -0.313 e. The molecule has 1 unspecified atom stereocenters. The third-order valence-electron chi connectivity index (χ3n) is 2.78. The van der Waals surface area contributed by atoms with Crippen molar-refractivity contribution in [3.05, 3.63) is 0 Å². The van der Waals surface area contributed by atoms with Crippen LogP contribution in [0, 0.1) is 0 Å². The van der Waals surface area contributed by atoms with Crippen molar-refractivity contribution in [2.24, 2.45) is 0 Å². The van der Waals surface area contributed by atoms with Crippen LogP contribution in [0.15, 0.2) is 0 Å². The molecular weight excluding hydrogens is 136 g/mol. The zero-order valence-corrected chi connectivity index (χ0v) is 8.15. The standard InChI is InChI=1S/C9H20N2/c1-8-7-9(2,3)11(4)6-5-10-8/h8,10H,5-7H2,1-4H3. The molecule has 0 aromatic carbocycles. The summed E-state index contributed by atoms with van der Waals surface area (Å²) in [5, 5.41) is 3.49. The topological polar surface area (TPSA) is 15.3 Å². The summed E-state index contributed by atoms with van der Waals surface area (Å²) in [6.45, 7) is 9.19. The lowest BCUT2D eigenvalue weighted by molar-refractivity contribution is 0.159. The molecule has 0 radical (unpaired) electrons. The van der Waals surface area contributed by atoms with Gasteiger partial charge in [-0.15, -0.1) is 0 Å². The Balaban J connectivity index is 2.60. The largest absolute Gasteiger partial charge is 0.313 e. The normalized spacial score (nSPS) is 33.3. The Kier molecular flexibility index (Phi) is 2.55. The van der Waals surface area contributed by atoms with Crippen molar-refractivity contribution >= 4 is 0 Å². The van der Waals surface area contributed by atoms with E-state index in [0.717, 1.165) is 13.1 Å². The Bertz CT molecular complexity index is 132. The number of hydrogen-bond acceptors (Lipinski definition) is 2. The second-order valence-electron chi connectivity index (χ2n) is 4.29. The van der Waals surface area contributed by atoms with E-state index in [0.29, 0.717) is 11.6 Å². The highest BCUT2D eigenvalue weighted by Crippen LogP contribution is 2.20. The fourth-order valence-corrected chi connectivity index (χ4v) is 1.76. The van der Waals surface area contributed by atoms with Crippen LogP contribution in [0.5, 0.6) is 0 Å². The highest BCUT2D eigenvalue weighted by atomic mass is 15.2. The summed E-state index contributed by atoms with van der Waals surface area (Å²) in [6, 6.07) is 0.662. The van der Waals surface area contributed by atoms with Gasteiger partial charge in [-0.3, -0.25) is 4.90 Å². The lowest BCUT2D eigenvalue weighted by Crippen LogP contribution is -2.41. The SMILES string of the molecule is CC1CC(C)(C)N(C)CCN1. The molecule has 11 heavy (non-hydrogen) atoms. The van der Waals surface area contributed by atoms with Gasteiger partial charge in [-0.25, -0.2) is 0 Å². The average Bonchev–Trinajstić information content (AvgIpc) is 1.93. The first-order valence-corrected chi connectivity index (χ1v) is 4.47. The summed E-state index contributed by atoms with van der Waals surface area (Å²) >= 11 is 0. The van der Waals surface area contributed by atoms with Crippen LogP contribution in [0.4, 0.5) is 0 Å². The van der Waals surface area contributed by atoms with Crippen LogP contribution >= 0.6 is 0 Å². The highest BCUT2D eigenvalue weighted by molar-refractivity contribution is 4.86. The van der Waals surface area contributed by atoms with Crippen molar-refractivity contribution in [1.29, 1.82) is 0 Å². The predicted octanol–water partition coefficient (Wildman–Crippen LogP) is 1.08. The summed E-state index contributed by atoms with van der Waals surface area (Å²) in [7, 11) is 2.21. The van der Waals surface area contributed by atoms with Crippen LogP contribution in [0.3, 0.4) is 0 Å². The van der Waals surface area contributed by atoms with Gasteiger partial charge in [0.2, 0.25) is 0 Å². The zero-order chi connectivity index (χ0) is 8.48. The predicted molar refractivity (Wildman–Crippen MR) is 48.8 cm³/mol. The van der Waals surface area contributed by atoms with E-state index in [1.165, 1.54) is 6.42 Å². The van der Waals surface area contributed by atoms with Gasteiger partial charge in [0, 0.05) is 24.7 Å². The highest BCUT2D eigenvalue weighted by Gasteiger charge is 2.27. The number of rotatable bonds is 0. The lowest BCUT2D eigenvalue weighted by atomic mass is 9.95. The number of likely N-dealkylation sites (N-methyl/N-ethyl adjacent to an activating group) is 1. The van der Waals surface area contributed by atoms with Gasteiger partial charge < -0.3 is 5.32 Å². The summed E-state index contributed by atoms with van der Waals surface area (Å²) in [5.41, 5.74) is 0.364. The molecule has 2 nitrogen and oxygen atoms in total. The molecule has 2 heteroatoms. The average molecular weight is 156 g/mol. The van der Waals surface area contributed by atoms with Crippen molar-refractivity contribution in [2.45, 2.75) is 38.8 Å². The van der Waals surface area contributed by atoms with Crippen molar-refractivity contribution in [3.8, 4) is 0 Å². The van der Waals surface area contributed by atoms with Gasteiger partial charge in [0.15, 0.2) is 0 Å². The van der Waals surface area contributed by atoms with Crippen LogP contribution in [-0.4, -0.2) is 36.6 Å². The van der Waals surface area contributed by atoms with Crippen molar-refractivity contribution in [2.75, 3.05) is 20.1 Å². The maximum absolute atomic E-state index is 3.49. The molecule has 0 saturated carbocycles. The van der Waals surface area contributed by atoms with Crippen molar-refractivity contribution < 1.29 is 0 Å². The molecule has 0 aliphatic carbocycles. The molecule has 1 heterocycles. The Morgan fingerprint density at radius 3 is 2.73 bits per heavy atom. The minimum absolute atomic E-state index is 0.364. The Morgan fingerprint density at radius 1 is 1.45 bits per heavy atom. The van der Waals surface area contributed by atoms with E-state index in [-0.39, 0.29) is 0 Å². The van der Waals surface area contributed by atoms with Gasteiger partial charge >= 0.3 is 0 Å². The quantitative estimate of drug-likeness (QED) is 0.564. The Labute approximate surface area is 70.0 Å². The molecule has 1 fully saturated rings. The van der Waals surface area contributed by atoms with Gasteiger partial charge in [-0.1, -0.05) is 0 Å². The number of nitrogens with one attached hydrogen (secondary N) is 1. The van der Waals surface area contributed by atoms with Gasteiger partial charge in [0.1, 0.15) is 0 Å². The van der Waals surface area contributed by atoms with Gasteiger partial charge in [0.25, 0.3) is 0 Å². The minimum atomic E-state index is 0.364. The van der Waals surface area contributed by atoms with Crippen LogP contribution < -0.4 is 5.32 Å². The van der Waals surface area contributed by atoms with E-state index in [1.807, 2.05) is 0 Å². The summed E-state index contributed by atoms with van der Waals surface area (Å²) in [5.74, 6) is 0. The van der Waals surface area contributed by atoms with E-state index < -0.39 is 0 Å². The molecule has 0 amide bonds. The first-order valence-electron chi connectivity index (χ1n) is 4.47. The molecule has 0 bridgehead atoms. The summed E-state index contributed by atoms with van der Waals surface area (Å²) < 4.78 is 0. The maximum Gasteiger partial charge on any atom is 0.0165 e. The van der Waals surface area contributed by atoms with E-state index in [2.05, 4.69) is 38.0 Å². The molecule has 0 spiro atoms. The number of hydrogen-bond donors (Lipinski definition) is 1. The molecule has 66 valence electrons. The molecule has 1 atom stereocenters. The first-order chi connectivity index (χ1) is 5.02. The molecule has 1 N–H and O–H groups in total. The Morgan fingerprint density at radius 2 is 2.09 bits per heavy atom. The lowest BCUT2D eigenvalue weighted by Gasteiger charge is -2.34. The fraction of sp³-hybridized carbons (Fsp3) is 1.00. The van der Waals surface area contributed by atoms with Crippen LogP contribution in [0.1, 0.15) is 27.2 Å². The van der Waals surface area contributed by atoms with Crippen LogP contribution in [0.25, 0.3) is 0 Å². The molecule has 0 aromatic rings. The monoisotopic (exact) mass is 156 g/mol. The second kappa shape index (κ2) is 3.11. The summed E-state index contributed by atoms with van der Waals surface area (Å²) in [4.78, 5) is 2.43. The van der Waals surface area contributed by atoms with E-state index in [4.69, 9.17) is 0 Å². The third kappa shape index (κ3) is 2.17. The third-order valence-corrected chi connectivity index (χ3v) is 2.78. The molecule has 1 rings (SSSR count). The van der Waals surface area contributed by atoms with E-state index in [9.17, 15) is 0 Å². The second-order valence-corrected chi connectivity index (χ2v) is 4.29. The van der Waals surface area contributed by atoms with Gasteiger partial charge in [-0.05, 0) is 34.2 Å². The van der Waals surface area contributed by atoms with Crippen LogP contribution in [-0.2, 0) is 0 Å². The van der Waals surface area contributed by atoms with Crippen molar-refractivity contribution in [1.82, 2.24) is 10.2 Å². The summed E-state index contributed by atoms with van der Waals surface area (Å²) in [6.07, 6.45) is 1.24. The Hall–Kier alpha value is -0.0800. The van der Waals surface area contributed by atoms with Crippen LogP contribution in [0.2, 0.25) is 0 Å². The van der Waals surface area contributed by atoms with Crippen molar-refractivity contribution in [3.63, 3.8) is 0 Å². The fourth-order valence-electron chi connectivity index (χ4n) is 1.76. The first kappa shape index (κ1) is 9.01. The van der Waals surface area contributed by atoms with E-state index in [1.54, 1.807) is 0 Å². The van der Waals surface area contributed by atoms with E-state index >= 15 is 0 Å². The molecule has 0 aromatic heterocycles. The number of nitrogens with zero attached hydrogens (tertiary/aromatic N) is 1. The molecule has 1 aliphatic heterocycles. The van der Waals surface area contributed by atoms with Gasteiger partial charge in [0.05, 0.1) is 0 Å². The molecule has 1 aliphatic rings. The smallest absolute Gasteiger partial charge is 0.0165 e. The molecule has 1 saturated heterocycles.